The largest absolute Gasteiger partial charge is 0.300 e. The molecular weight excluding hydrogens is 268 g/mol. The van der Waals surface area contributed by atoms with Crippen LogP contribution in [-0.4, -0.2) is 42.0 Å². The lowest BCUT2D eigenvalue weighted by Crippen LogP contribution is -2.49. The highest BCUT2D eigenvalue weighted by atomic mass is 15.2. The van der Waals surface area contributed by atoms with Crippen LogP contribution in [0.15, 0.2) is 24.3 Å². The molecule has 0 aromatic heterocycles. The van der Waals surface area contributed by atoms with Crippen molar-refractivity contribution in [2.24, 2.45) is 11.8 Å². The highest BCUT2D eigenvalue weighted by molar-refractivity contribution is 5.22. The topological polar surface area (TPSA) is 6.48 Å². The molecule has 122 valence electrons. The normalized spacial score (nSPS) is 28.9. The molecule has 2 fully saturated rings. The third kappa shape index (κ3) is 4.11. The zero-order chi connectivity index (χ0) is 15.5. The Bertz CT molecular complexity index is 466. The first-order valence-corrected chi connectivity index (χ1v) is 9.12. The van der Waals surface area contributed by atoms with Gasteiger partial charge in [-0.15, -0.1) is 0 Å². The molecule has 2 heterocycles. The van der Waals surface area contributed by atoms with E-state index in [1.165, 1.54) is 56.6 Å². The van der Waals surface area contributed by atoms with Gasteiger partial charge in [-0.1, -0.05) is 43.7 Å². The zero-order valence-electron chi connectivity index (χ0n) is 14.6. The number of piperidine rings is 2. The van der Waals surface area contributed by atoms with Gasteiger partial charge in [-0.2, -0.15) is 0 Å². The van der Waals surface area contributed by atoms with E-state index < -0.39 is 0 Å². The Labute approximate surface area is 136 Å². The first-order valence-electron chi connectivity index (χ1n) is 9.12. The van der Waals surface area contributed by atoms with Crippen LogP contribution in [0.5, 0.6) is 0 Å². The van der Waals surface area contributed by atoms with E-state index in [1.54, 1.807) is 0 Å². The minimum atomic E-state index is 0.832. The molecule has 3 rings (SSSR count). The summed E-state index contributed by atoms with van der Waals surface area (Å²) in [5.41, 5.74) is 2.85. The van der Waals surface area contributed by atoms with Gasteiger partial charge in [0.05, 0.1) is 0 Å². The summed E-state index contributed by atoms with van der Waals surface area (Å²) >= 11 is 0. The summed E-state index contributed by atoms with van der Waals surface area (Å²) in [4.78, 5) is 5.44. The number of likely N-dealkylation sites (tertiary alicyclic amines) is 2. The van der Waals surface area contributed by atoms with Crippen LogP contribution in [0.2, 0.25) is 0 Å². The number of hydrogen-bond donors (Lipinski definition) is 0. The quantitative estimate of drug-likeness (QED) is 0.834. The van der Waals surface area contributed by atoms with Gasteiger partial charge in [0.25, 0.3) is 0 Å². The standard InChI is InChI=1S/C20H32N2/c1-16-5-4-6-19(12-16)15-21-9-7-20(8-10-21)22-13-17(2)11-18(3)14-22/h4-6,12,17-18,20H,7-11,13-15H2,1-3H3/t17-,18+. The Hall–Kier alpha value is -0.860. The summed E-state index contributed by atoms with van der Waals surface area (Å²) in [6, 6.07) is 9.81. The summed E-state index contributed by atoms with van der Waals surface area (Å²) in [6.07, 6.45) is 4.12. The van der Waals surface area contributed by atoms with Crippen LogP contribution in [0.3, 0.4) is 0 Å². The van der Waals surface area contributed by atoms with Crippen molar-refractivity contribution >= 4 is 0 Å². The molecule has 0 bridgehead atoms. The molecule has 0 N–H and O–H groups in total. The van der Waals surface area contributed by atoms with Crippen LogP contribution in [-0.2, 0) is 6.54 Å². The SMILES string of the molecule is Cc1cccc(CN2CCC(N3C[C@H](C)C[C@H](C)C3)CC2)c1. The molecule has 0 unspecified atom stereocenters. The van der Waals surface area contributed by atoms with E-state index in [0.29, 0.717) is 0 Å². The molecule has 0 amide bonds. The number of aryl methyl sites for hydroxylation is 1. The highest BCUT2D eigenvalue weighted by Gasteiger charge is 2.29. The average Bonchev–Trinajstić information content (AvgIpc) is 2.47. The first-order chi connectivity index (χ1) is 10.6. The van der Waals surface area contributed by atoms with Crippen LogP contribution in [0.1, 0.15) is 44.2 Å². The molecule has 0 radical (unpaired) electrons. The van der Waals surface area contributed by atoms with Crippen molar-refractivity contribution in [1.82, 2.24) is 9.80 Å². The first kappa shape index (κ1) is 16.0. The fourth-order valence-electron chi connectivity index (χ4n) is 4.52. The minimum absolute atomic E-state index is 0.832. The van der Waals surface area contributed by atoms with Crippen molar-refractivity contribution < 1.29 is 0 Å². The highest BCUT2D eigenvalue weighted by Crippen LogP contribution is 2.27. The summed E-state index contributed by atoms with van der Waals surface area (Å²) in [5.74, 6) is 1.77. The molecule has 1 aromatic rings. The summed E-state index contributed by atoms with van der Waals surface area (Å²) in [7, 11) is 0. The second kappa shape index (κ2) is 7.14. The van der Waals surface area contributed by atoms with Crippen LogP contribution in [0.4, 0.5) is 0 Å². The van der Waals surface area contributed by atoms with Gasteiger partial charge in [0.15, 0.2) is 0 Å². The minimum Gasteiger partial charge on any atom is -0.300 e. The van der Waals surface area contributed by atoms with Crippen LogP contribution < -0.4 is 0 Å². The second-order valence-electron chi connectivity index (χ2n) is 7.90. The van der Waals surface area contributed by atoms with Crippen molar-refractivity contribution in [2.45, 2.75) is 52.6 Å². The fraction of sp³-hybridized carbons (Fsp3) is 0.700. The summed E-state index contributed by atoms with van der Waals surface area (Å²) < 4.78 is 0. The average molecular weight is 300 g/mol. The molecule has 2 nitrogen and oxygen atoms in total. The zero-order valence-corrected chi connectivity index (χ0v) is 14.6. The summed E-state index contributed by atoms with van der Waals surface area (Å²) in [6.45, 7) is 13.3. The molecule has 2 heteroatoms. The molecular formula is C20H32N2. The maximum absolute atomic E-state index is 2.79. The Morgan fingerprint density at radius 3 is 2.36 bits per heavy atom. The lowest BCUT2D eigenvalue weighted by molar-refractivity contribution is 0.0530. The van der Waals surface area contributed by atoms with E-state index in [-0.39, 0.29) is 0 Å². The molecule has 0 aliphatic carbocycles. The molecule has 2 aliphatic heterocycles. The van der Waals surface area contributed by atoms with E-state index >= 15 is 0 Å². The van der Waals surface area contributed by atoms with E-state index in [4.69, 9.17) is 0 Å². The monoisotopic (exact) mass is 300 g/mol. The van der Waals surface area contributed by atoms with Gasteiger partial charge in [0.1, 0.15) is 0 Å². The number of hydrogen-bond acceptors (Lipinski definition) is 2. The van der Waals surface area contributed by atoms with Crippen molar-refractivity contribution in [3.63, 3.8) is 0 Å². The predicted molar refractivity (Wildman–Crippen MR) is 94.0 cm³/mol. The Morgan fingerprint density at radius 2 is 1.73 bits per heavy atom. The third-order valence-corrected chi connectivity index (χ3v) is 5.46. The lowest BCUT2D eigenvalue weighted by atomic mass is 9.89. The number of rotatable bonds is 3. The number of nitrogens with zero attached hydrogens (tertiary/aromatic N) is 2. The molecule has 1 aromatic carbocycles. The van der Waals surface area contributed by atoms with Crippen LogP contribution >= 0.6 is 0 Å². The number of benzene rings is 1. The predicted octanol–water partition coefficient (Wildman–Crippen LogP) is 3.94. The van der Waals surface area contributed by atoms with Gasteiger partial charge in [0.2, 0.25) is 0 Å². The molecule has 22 heavy (non-hydrogen) atoms. The Kier molecular flexibility index (Phi) is 5.20. The van der Waals surface area contributed by atoms with Gasteiger partial charge >= 0.3 is 0 Å². The second-order valence-corrected chi connectivity index (χ2v) is 7.90. The van der Waals surface area contributed by atoms with Crippen LogP contribution in [0.25, 0.3) is 0 Å². The Morgan fingerprint density at radius 1 is 1.05 bits per heavy atom. The van der Waals surface area contributed by atoms with E-state index in [2.05, 4.69) is 54.8 Å². The van der Waals surface area contributed by atoms with E-state index in [0.717, 1.165) is 24.4 Å². The maximum Gasteiger partial charge on any atom is 0.0233 e. The third-order valence-electron chi connectivity index (χ3n) is 5.46. The smallest absolute Gasteiger partial charge is 0.0233 e. The van der Waals surface area contributed by atoms with Gasteiger partial charge in [-0.05, 0) is 56.7 Å². The van der Waals surface area contributed by atoms with Gasteiger partial charge in [0, 0.05) is 25.7 Å². The van der Waals surface area contributed by atoms with Crippen molar-refractivity contribution in [3.8, 4) is 0 Å². The molecule has 0 spiro atoms. The molecule has 2 saturated heterocycles. The van der Waals surface area contributed by atoms with E-state index in [1.807, 2.05) is 0 Å². The fourth-order valence-corrected chi connectivity index (χ4v) is 4.52. The molecule has 2 aliphatic rings. The lowest BCUT2D eigenvalue weighted by Gasteiger charge is -2.43. The van der Waals surface area contributed by atoms with Gasteiger partial charge < -0.3 is 0 Å². The van der Waals surface area contributed by atoms with Gasteiger partial charge in [-0.3, -0.25) is 9.80 Å². The van der Waals surface area contributed by atoms with Crippen molar-refractivity contribution in [2.75, 3.05) is 26.2 Å². The molecule has 2 atom stereocenters. The van der Waals surface area contributed by atoms with Crippen molar-refractivity contribution in [1.29, 1.82) is 0 Å². The van der Waals surface area contributed by atoms with Crippen LogP contribution in [0, 0.1) is 18.8 Å². The summed E-state index contributed by atoms with van der Waals surface area (Å²) in [5, 5.41) is 0. The van der Waals surface area contributed by atoms with Crippen molar-refractivity contribution in [3.05, 3.63) is 35.4 Å². The van der Waals surface area contributed by atoms with E-state index in [9.17, 15) is 0 Å². The Balaban J connectivity index is 1.50. The molecule has 0 saturated carbocycles. The van der Waals surface area contributed by atoms with Gasteiger partial charge in [-0.25, -0.2) is 0 Å². The maximum atomic E-state index is 2.79.